The van der Waals surface area contributed by atoms with Crippen molar-refractivity contribution in [3.05, 3.63) is 82.7 Å². The molecule has 5 N–H and O–H groups in total. The van der Waals surface area contributed by atoms with Gasteiger partial charge in [0.05, 0.1) is 17.7 Å². The summed E-state index contributed by atoms with van der Waals surface area (Å²) in [4.78, 5) is 24.5. The molecule has 1 amide bonds. The van der Waals surface area contributed by atoms with E-state index in [9.17, 15) is 15.2 Å². The summed E-state index contributed by atoms with van der Waals surface area (Å²) in [7, 11) is 3.88. The summed E-state index contributed by atoms with van der Waals surface area (Å²) < 4.78 is 0. The number of aliphatic imine (C=N–C) groups is 1. The Morgan fingerprint density at radius 2 is 1.82 bits per heavy atom. The highest BCUT2D eigenvalue weighted by Crippen LogP contribution is 2.26. The van der Waals surface area contributed by atoms with E-state index in [1.807, 2.05) is 66.8 Å². The van der Waals surface area contributed by atoms with E-state index in [2.05, 4.69) is 25.9 Å². The molecule has 2 aromatic carbocycles. The molecule has 0 aliphatic rings. The van der Waals surface area contributed by atoms with E-state index in [0.29, 0.717) is 41.7 Å². The lowest BCUT2D eigenvalue weighted by atomic mass is 10.1. The fourth-order valence-electron chi connectivity index (χ4n) is 3.80. The van der Waals surface area contributed by atoms with Gasteiger partial charge >= 0.3 is 0 Å². The topological polar surface area (TPSA) is 125 Å². The number of hydroxylamine groups is 2. The first-order chi connectivity index (χ1) is 18.4. The normalized spacial score (nSPS) is 11.8. The fraction of sp³-hybridized carbons (Fsp3) is 0.222. The molecule has 38 heavy (non-hydrogen) atoms. The van der Waals surface area contributed by atoms with Gasteiger partial charge in [-0.05, 0) is 61.4 Å². The van der Waals surface area contributed by atoms with Crippen molar-refractivity contribution in [3.8, 4) is 0 Å². The summed E-state index contributed by atoms with van der Waals surface area (Å²) in [5, 5.41) is 31.0. The van der Waals surface area contributed by atoms with E-state index in [-0.39, 0.29) is 17.7 Å². The van der Waals surface area contributed by atoms with Gasteiger partial charge in [0.2, 0.25) is 0 Å². The molecule has 0 saturated carbocycles. The average Bonchev–Trinajstić information content (AvgIpc) is 3.36. The van der Waals surface area contributed by atoms with Gasteiger partial charge in [-0.15, -0.1) is 11.3 Å². The van der Waals surface area contributed by atoms with Gasteiger partial charge in [-0.25, -0.2) is 0 Å². The van der Waals surface area contributed by atoms with Crippen LogP contribution in [0.2, 0.25) is 0 Å². The number of nitrogens with zero attached hydrogens (tertiary/aromatic N) is 4. The predicted octanol–water partition coefficient (Wildman–Crippen LogP) is 4.61. The molecule has 0 aliphatic heterocycles. The number of carbonyl (C=O) groups excluding carboxylic acids is 1. The summed E-state index contributed by atoms with van der Waals surface area (Å²) in [6.45, 7) is 1.57. The largest absolute Gasteiger partial charge is 0.380 e. The van der Waals surface area contributed by atoms with Crippen LogP contribution in [-0.4, -0.2) is 71.0 Å². The third-order valence-electron chi connectivity index (χ3n) is 5.63. The Balaban J connectivity index is 1.42. The molecular formula is C27H31N7O3S. The van der Waals surface area contributed by atoms with Crippen molar-refractivity contribution >= 4 is 51.0 Å². The molecular weight excluding hydrogens is 502 g/mol. The number of amidine groups is 1. The van der Waals surface area contributed by atoms with Crippen LogP contribution < -0.4 is 16.0 Å². The maximum absolute atomic E-state index is 13.1. The minimum Gasteiger partial charge on any atom is -0.380 e. The van der Waals surface area contributed by atoms with Crippen molar-refractivity contribution in [2.45, 2.75) is 6.54 Å². The third-order valence-corrected chi connectivity index (χ3v) is 6.54. The van der Waals surface area contributed by atoms with Crippen molar-refractivity contribution in [2.24, 2.45) is 4.99 Å². The van der Waals surface area contributed by atoms with E-state index in [1.54, 1.807) is 24.4 Å². The molecule has 0 saturated heterocycles. The van der Waals surface area contributed by atoms with Crippen LogP contribution in [0.15, 0.2) is 77.2 Å². The van der Waals surface area contributed by atoms with Gasteiger partial charge in [-0.2, -0.15) is 0 Å². The number of carbonyl (C=O) groups is 1. The van der Waals surface area contributed by atoms with Crippen LogP contribution >= 0.6 is 11.3 Å². The SMILES string of the molecule is CN(C)CCN=C(CN(O)O)Nc1cccc(NC(=O)c2sccc2NCc2ccnc3ccccc23)c1. The minimum atomic E-state index is -0.226. The number of nitrogens with one attached hydrogen (secondary N) is 3. The smallest absolute Gasteiger partial charge is 0.267 e. The summed E-state index contributed by atoms with van der Waals surface area (Å²) in [5.74, 6) is 0.157. The number of amides is 1. The van der Waals surface area contributed by atoms with Gasteiger partial charge in [-0.1, -0.05) is 29.5 Å². The molecule has 2 aromatic heterocycles. The second-order valence-corrected chi connectivity index (χ2v) is 9.74. The van der Waals surface area contributed by atoms with Crippen molar-refractivity contribution in [1.29, 1.82) is 0 Å². The fourth-order valence-corrected chi connectivity index (χ4v) is 4.57. The van der Waals surface area contributed by atoms with E-state index < -0.39 is 0 Å². The number of aromatic nitrogens is 1. The zero-order chi connectivity index (χ0) is 26.9. The van der Waals surface area contributed by atoms with Gasteiger partial charge in [0.15, 0.2) is 0 Å². The molecule has 0 bridgehead atoms. The molecule has 10 nitrogen and oxygen atoms in total. The van der Waals surface area contributed by atoms with Crippen molar-refractivity contribution in [2.75, 3.05) is 49.7 Å². The molecule has 0 spiro atoms. The number of rotatable bonds is 11. The number of pyridine rings is 1. The van der Waals surface area contributed by atoms with Crippen LogP contribution in [-0.2, 0) is 6.54 Å². The van der Waals surface area contributed by atoms with Gasteiger partial charge in [-0.3, -0.25) is 25.2 Å². The number of hydrogen-bond donors (Lipinski definition) is 5. The molecule has 11 heteroatoms. The Hall–Kier alpha value is -3.87. The second kappa shape index (κ2) is 13.1. The maximum atomic E-state index is 13.1. The molecule has 0 radical (unpaired) electrons. The second-order valence-electron chi connectivity index (χ2n) is 8.83. The third kappa shape index (κ3) is 7.57. The highest BCUT2D eigenvalue weighted by Gasteiger charge is 2.15. The van der Waals surface area contributed by atoms with Crippen LogP contribution in [0, 0.1) is 0 Å². The van der Waals surface area contributed by atoms with Crippen molar-refractivity contribution < 1.29 is 15.2 Å². The van der Waals surface area contributed by atoms with Crippen molar-refractivity contribution in [3.63, 3.8) is 0 Å². The number of anilines is 3. The molecule has 0 fully saturated rings. The van der Waals surface area contributed by atoms with Crippen LogP contribution in [0.25, 0.3) is 10.9 Å². The first-order valence-corrected chi connectivity index (χ1v) is 12.9. The number of para-hydroxylation sites is 1. The number of hydrogen-bond acceptors (Lipinski definition) is 9. The predicted molar refractivity (Wildman–Crippen MR) is 153 cm³/mol. The maximum Gasteiger partial charge on any atom is 0.267 e. The summed E-state index contributed by atoms with van der Waals surface area (Å²) in [5.41, 5.74) is 4.03. The number of likely N-dealkylation sites (N-methyl/N-ethyl adjacent to an activating group) is 1. The summed E-state index contributed by atoms with van der Waals surface area (Å²) >= 11 is 1.36. The first kappa shape index (κ1) is 27.2. The molecule has 4 aromatic rings. The van der Waals surface area contributed by atoms with Crippen LogP contribution in [0.4, 0.5) is 17.1 Å². The molecule has 2 heterocycles. The molecule has 0 aliphatic carbocycles. The summed E-state index contributed by atoms with van der Waals surface area (Å²) in [6.07, 6.45) is 1.79. The molecule has 0 atom stereocenters. The van der Waals surface area contributed by atoms with E-state index in [1.165, 1.54) is 11.3 Å². The van der Waals surface area contributed by atoms with Gasteiger partial charge < -0.3 is 20.9 Å². The zero-order valence-corrected chi connectivity index (χ0v) is 22.1. The van der Waals surface area contributed by atoms with E-state index >= 15 is 0 Å². The Labute approximate surface area is 225 Å². The van der Waals surface area contributed by atoms with Crippen LogP contribution in [0.5, 0.6) is 0 Å². The minimum absolute atomic E-state index is 0.0766. The molecule has 0 unspecified atom stereocenters. The monoisotopic (exact) mass is 533 g/mol. The number of fused-ring (bicyclic) bond motifs is 1. The van der Waals surface area contributed by atoms with Crippen LogP contribution in [0.1, 0.15) is 15.2 Å². The standard InChI is InChI=1S/C27H31N7O3S/c1-33(2)14-13-29-25(18-34(36)37)31-20-6-5-7-21(16-20)32-27(35)26-24(11-15-38-26)30-17-19-10-12-28-23-9-4-3-8-22(19)23/h3-12,15-16,30,36-37H,13-14,17-18H2,1-2H3,(H,29,31)(H,32,35). The Bertz CT molecular complexity index is 1400. The number of thiophene rings is 1. The van der Waals surface area contributed by atoms with E-state index in [0.717, 1.165) is 22.2 Å². The lowest BCUT2D eigenvalue weighted by molar-refractivity contribution is -0.296. The average molecular weight is 534 g/mol. The Morgan fingerprint density at radius 1 is 1.03 bits per heavy atom. The van der Waals surface area contributed by atoms with Gasteiger partial charge in [0.25, 0.3) is 5.91 Å². The zero-order valence-electron chi connectivity index (χ0n) is 21.3. The number of benzene rings is 2. The first-order valence-electron chi connectivity index (χ1n) is 12.0. The van der Waals surface area contributed by atoms with Gasteiger partial charge in [0.1, 0.15) is 17.3 Å². The highest BCUT2D eigenvalue weighted by atomic mass is 32.1. The summed E-state index contributed by atoms with van der Waals surface area (Å²) in [6, 6.07) is 19.0. The van der Waals surface area contributed by atoms with Crippen LogP contribution in [0.3, 0.4) is 0 Å². The van der Waals surface area contributed by atoms with E-state index in [4.69, 9.17) is 0 Å². The quantitative estimate of drug-likeness (QED) is 0.108. The lowest BCUT2D eigenvalue weighted by Gasteiger charge is -2.15. The molecule has 4 rings (SSSR count). The van der Waals surface area contributed by atoms with Gasteiger partial charge in [0, 0.05) is 36.0 Å². The molecule has 198 valence electrons. The highest BCUT2D eigenvalue weighted by molar-refractivity contribution is 7.12. The Morgan fingerprint density at radius 3 is 2.61 bits per heavy atom. The van der Waals surface area contributed by atoms with Crippen molar-refractivity contribution in [1.82, 2.24) is 15.1 Å². The Kier molecular flexibility index (Phi) is 9.35. The lowest BCUT2D eigenvalue weighted by Crippen LogP contribution is -2.29.